The predicted molar refractivity (Wildman–Crippen MR) is 93.9 cm³/mol. The van der Waals surface area contributed by atoms with E-state index in [-0.39, 0.29) is 11.9 Å². The van der Waals surface area contributed by atoms with Crippen molar-refractivity contribution < 1.29 is 9.21 Å². The van der Waals surface area contributed by atoms with E-state index < -0.39 is 0 Å². The first-order valence-corrected chi connectivity index (χ1v) is 8.83. The Morgan fingerprint density at radius 3 is 2.50 bits per heavy atom. The highest BCUT2D eigenvalue weighted by Gasteiger charge is 2.40. The Balaban J connectivity index is 1.48. The third-order valence-electron chi connectivity index (χ3n) is 5.64. The van der Waals surface area contributed by atoms with Crippen molar-refractivity contribution in [3.8, 4) is 11.3 Å². The summed E-state index contributed by atoms with van der Waals surface area (Å²) < 4.78 is 5.80. The molecule has 1 N–H and O–H groups in total. The van der Waals surface area contributed by atoms with Crippen molar-refractivity contribution >= 4 is 5.91 Å². The third-order valence-corrected chi connectivity index (χ3v) is 5.64. The number of rotatable bonds is 3. The maximum absolute atomic E-state index is 12.6. The van der Waals surface area contributed by atoms with Crippen LogP contribution in [0.4, 0.5) is 0 Å². The molecule has 4 heteroatoms. The Morgan fingerprint density at radius 2 is 1.83 bits per heavy atom. The number of piperidine rings is 3. The normalized spacial score (nSPS) is 28.8. The first kappa shape index (κ1) is 15.5. The van der Waals surface area contributed by atoms with Crippen LogP contribution in [0.15, 0.2) is 40.8 Å². The number of fused-ring (bicyclic) bond motifs is 3. The quantitative estimate of drug-likeness (QED) is 0.940. The maximum atomic E-state index is 12.6. The second kappa shape index (κ2) is 6.10. The van der Waals surface area contributed by atoms with Crippen molar-refractivity contribution in [3.05, 3.63) is 47.7 Å². The van der Waals surface area contributed by atoms with Gasteiger partial charge in [-0.1, -0.05) is 29.8 Å². The van der Waals surface area contributed by atoms with Gasteiger partial charge in [0.2, 0.25) is 0 Å². The minimum atomic E-state index is -0.0982. The molecule has 5 rings (SSSR count). The summed E-state index contributed by atoms with van der Waals surface area (Å²) in [6.07, 6.45) is 2.37. The van der Waals surface area contributed by atoms with Gasteiger partial charge in [-0.25, -0.2) is 0 Å². The number of furan rings is 1. The van der Waals surface area contributed by atoms with E-state index in [1.54, 1.807) is 6.07 Å². The van der Waals surface area contributed by atoms with Crippen LogP contribution in [0.5, 0.6) is 0 Å². The van der Waals surface area contributed by atoms with Crippen LogP contribution in [0.25, 0.3) is 11.3 Å². The molecule has 4 nitrogen and oxygen atoms in total. The van der Waals surface area contributed by atoms with Gasteiger partial charge in [0, 0.05) is 17.6 Å². The largest absolute Gasteiger partial charge is 0.451 e. The lowest BCUT2D eigenvalue weighted by Crippen LogP contribution is -2.62. The molecule has 3 fully saturated rings. The molecular weight excluding hydrogens is 300 g/mol. The van der Waals surface area contributed by atoms with Crippen LogP contribution < -0.4 is 5.32 Å². The van der Waals surface area contributed by atoms with Gasteiger partial charge in [-0.05, 0) is 57.8 Å². The summed E-state index contributed by atoms with van der Waals surface area (Å²) >= 11 is 0. The number of hydrogen-bond acceptors (Lipinski definition) is 3. The highest BCUT2D eigenvalue weighted by Crippen LogP contribution is 2.32. The van der Waals surface area contributed by atoms with Gasteiger partial charge >= 0.3 is 0 Å². The number of nitrogens with zero attached hydrogens (tertiary/aromatic N) is 1. The van der Waals surface area contributed by atoms with Gasteiger partial charge in [0.1, 0.15) is 5.76 Å². The Morgan fingerprint density at radius 1 is 1.12 bits per heavy atom. The number of carbonyl (C=O) groups excluding carboxylic acids is 1. The molecule has 2 bridgehead atoms. The van der Waals surface area contributed by atoms with Gasteiger partial charge < -0.3 is 9.73 Å². The molecular formula is C20H24N2O2. The number of aryl methyl sites for hydroxylation is 1. The smallest absolute Gasteiger partial charge is 0.287 e. The second-order valence-electron chi connectivity index (χ2n) is 7.14. The third kappa shape index (κ3) is 2.75. The molecule has 4 heterocycles. The molecule has 3 aliphatic rings. The first-order chi connectivity index (χ1) is 11.6. The predicted octanol–water partition coefficient (Wildman–Crippen LogP) is 3.47. The summed E-state index contributed by atoms with van der Waals surface area (Å²) in [5.74, 6) is 1.63. The SMILES string of the molecule is Cc1ccc(-c2ccc(C(=O)N[C@@H]3C4CCN(CC4)[C@H]3C)o2)cc1. The van der Waals surface area contributed by atoms with Crippen LogP contribution in [-0.2, 0) is 0 Å². The molecule has 2 atom stereocenters. The van der Waals surface area contributed by atoms with Crippen LogP contribution in [0.1, 0.15) is 35.9 Å². The highest BCUT2D eigenvalue weighted by molar-refractivity contribution is 5.92. The summed E-state index contributed by atoms with van der Waals surface area (Å²) in [6, 6.07) is 12.4. The average molecular weight is 324 g/mol. The van der Waals surface area contributed by atoms with E-state index in [4.69, 9.17) is 4.42 Å². The van der Waals surface area contributed by atoms with Crippen molar-refractivity contribution in [1.82, 2.24) is 10.2 Å². The zero-order valence-corrected chi connectivity index (χ0v) is 14.3. The van der Waals surface area contributed by atoms with E-state index in [2.05, 4.69) is 24.1 Å². The Kier molecular flexibility index (Phi) is 3.93. The number of carbonyl (C=O) groups is 1. The number of nitrogens with one attached hydrogen (secondary N) is 1. The van der Waals surface area contributed by atoms with Crippen molar-refractivity contribution in [2.24, 2.45) is 5.92 Å². The number of benzene rings is 1. The monoisotopic (exact) mass is 324 g/mol. The van der Waals surface area contributed by atoms with Crippen molar-refractivity contribution in [1.29, 1.82) is 0 Å². The minimum Gasteiger partial charge on any atom is -0.451 e. The summed E-state index contributed by atoms with van der Waals surface area (Å²) in [5.41, 5.74) is 2.20. The van der Waals surface area contributed by atoms with Crippen LogP contribution in [-0.4, -0.2) is 36.0 Å². The zero-order chi connectivity index (χ0) is 16.7. The standard InChI is InChI=1S/C20H24N2O2/c1-13-3-5-15(6-4-13)17-7-8-18(24-17)20(23)21-19-14(2)22-11-9-16(19)10-12-22/h3-8,14,16,19H,9-12H2,1-2H3,(H,21,23)/t14-,19-/m0/s1. The summed E-state index contributed by atoms with van der Waals surface area (Å²) in [6.45, 7) is 6.60. The Bertz CT molecular complexity index is 724. The van der Waals surface area contributed by atoms with Crippen LogP contribution >= 0.6 is 0 Å². The maximum Gasteiger partial charge on any atom is 0.287 e. The zero-order valence-electron chi connectivity index (χ0n) is 14.3. The van der Waals surface area contributed by atoms with E-state index in [1.807, 2.05) is 30.3 Å². The Hall–Kier alpha value is -2.07. The molecule has 3 aliphatic heterocycles. The minimum absolute atomic E-state index is 0.0982. The lowest BCUT2D eigenvalue weighted by Gasteiger charge is -2.49. The van der Waals surface area contributed by atoms with E-state index in [9.17, 15) is 4.79 Å². The molecule has 0 spiro atoms. The molecule has 24 heavy (non-hydrogen) atoms. The second-order valence-corrected chi connectivity index (χ2v) is 7.14. The lowest BCUT2D eigenvalue weighted by atomic mass is 9.79. The molecule has 1 amide bonds. The molecule has 1 aromatic heterocycles. The van der Waals surface area contributed by atoms with Gasteiger partial charge in [0.15, 0.2) is 5.76 Å². The molecule has 0 aliphatic carbocycles. The van der Waals surface area contributed by atoms with E-state index in [0.717, 1.165) is 24.4 Å². The van der Waals surface area contributed by atoms with Crippen molar-refractivity contribution in [2.75, 3.05) is 13.1 Å². The van der Waals surface area contributed by atoms with Crippen molar-refractivity contribution in [3.63, 3.8) is 0 Å². The summed E-state index contributed by atoms with van der Waals surface area (Å²) in [4.78, 5) is 15.1. The number of amides is 1. The lowest BCUT2D eigenvalue weighted by molar-refractivity contribution is 0.0211. The first-order valence-electron chi connectivity index (χ1n) is 8.83. The molecule has 2 aromatic rings. The molecule has 0 radical (unpaired) electrons. The fraction of sp³-hybridized carbons (Fsp3) is 0.450. The van der Waals surface area contributed by atoms with E-state index in [1.165, 1.54) is 18.4 Å². The van der Waals surface area contributed by atoms with Crippen LogP contribution in [0.2, 0.25) is 0 Å². The fourth-order valence-electron chi connectivity index (χ4n) is 4.10. The van der Waals surface area contributed by atoms with E-state index in [0.29, 0.717) is 17.7 Å². The van der Waals surface area contributed by atoms with Gasteiger partial charge in [-0.3, -0.25) is 9.69 Å². The van der Waals surface area contributed by atoms with Gasteiger partial charge in [-0.2, -0.15) is 0 Å². The van der Waals surface area contributed by atoms with Gasteiger partial charge in [0.25, 0.3) is 5.91 Å². The molecule has 0 unspecified atom stereocenters. The van der Waals surface area contributed by atoms with Crippen molar-refractivity contribution in [2.45, 2.75) is 38.8 Å². The number of hydrogen-bond donors (Lipinski definition) is 1. The molecule has 0 saturated carbocycles. The topological polar surface area (TPSA) is 45.5 Å². The molecule has 126 valence electrons. The summed E-state index contributed by atoms with van der Waals surface area (Å²) in [7, 11) is 0. The van der Waals surface area contributed by atoms with Crippen LogP contribution in [0.3, 0.4) is 0 Å². The van der Waals surface area contributed by atoms with Gasteiger partial charge in [0.05, 0.1) is 0 Å². The van der Waals surface area contributed by atoms with Gasteiger partial charge in [-0.15, -0.1) is 0 Å². The molecule has 3 saturated heterocycles. The van der Waals surface area contributed by atoms with Crippen LogP contribution in [0, 0.1) is 12.8 Å². The van der Waals surface area contributed by atoms with E-state index >= 15 is 0 Å². The Labute approximate surface area is 142 Å². The molecule has 1 aromatic carbocycles. The fourth-order valence-corrected chi connectivity index (χ4v) is 4.10. The average Bonchev–Trinajstić information content (AvgIpc) is 3.09. The highest BCUT2D eigenvalue weighted by atomic mass is 16.3. The summed E-state index contributed by atoms with van der Waals surface area (Å²) in [5, 5.41) is 3.22.